The molecule has 0 bridgehead atoms. The third-order valence-electron chi connectivity index (χ3n) is 3.21. The van der Waals surface area contributed by atoms with E-state index in [1.807, 2.05) is 0 Å². The van der Waals surface area contributed by atoms with E-state index in [9.17, 15) is 18.0 Å². The highest BCUT2D eigenvalue weighted by Crippen LogP contribution is 2.37. The van der Waals surface area contributed by atoms with E-state index in [-0.39, 0.29) is 5.75 Å². The van der Waals surface area contributed by atoms with E-state index in [1.54, 1.807) is 19.1 Å². The van der Waals surface area contributed by atoms with Gasteiger partial charge in [-0.05, 0) is 36.2 Å². The highest BCUT2D eigenvalue weighted by molar-refractivity contribution is 5.70. The standard InChI is InChI=1S/C16H14F3NO4/c1-9-5-11(24-8-14(21)22)3-4-12(9)10-6-13(23-2)15(20-7-10)16(17,18)19/h3-7H,8H2,1-2H3,(H,21,22). The minimum atomic E-state index is -4.60. The van der Waals surface area contributed by atoms with Gasteiger partial charge < -0.3 is 14.6 Å². The van der Waals surface area contributed by atoms with Gasteiger partial charge in [0.1, 0.15) is 11.5 Å². The van der Waals surface area contributed by atoms with E-state index >= 15 is 0 Å². The Balaban J connectivity index is 2.36. The van der Waals surface area contributed by atoms with Gasteiger partial charge in [0.25, 0.3) is 0 Å². The summed E-state index contributed by atoms with van der Waals surface area (Å²) in [5.74, 6) is -1.12. The zero-order valence-electron chi connectivity index (χ0n) is 12.8. The number of rotatable bonds is 5. The zero-order valence-corrected chi connectivity index (χ0v) is 12.8. The lowest BCUT2D eigenvalue weighted by molar-refractivity contribution is -0.142. The Morgan fingerprint density at radius 1 is 1.29 bits per heavy atom. The van der Waals surface area contributed by atoms with Crippen molar-refractivity contribution in [2.24, 2.45) is 0 Å². The Labute approximate surface area is 135 Å². The van der Waals surface area contributed by atoms with Crippen LogP contribution in [0.25, 0.3) is 11.1 Å². The van der Waals surface area contributed by atoms with Gasteiger partial charge in [0, 0.05) is 11.8 Å². The van der Waals surface area contributed by atoms with Crippen molar-refractivity contribution >= 4 is 5.97 Å². The van der Waals surface area contributed by atoms with Gasteiger partial charge in [-0.2, -0.15) is 13.2 Å². The number of pyridine rings is 1. The van der Waals surface area contributed by atoms with Crippen molar-refractivity contribution in [2.75, 3.05) is 13.7 Å². The molecule has 5 nitrogen and oxygen atoms in total. The minimum absolute atomic E-state index is 0.352. The number of hydrogen-bond acceptors (Lipinski definition) is 4. The molecule has 0 atom stereocenters. The molecule has 2 rings (SSSR count). The number of methoxy groups -OCH3 is 1. The molecule has 0 spiro atoms. The second-order valence-electron chi connectivity index (χ2n) is 4.93. The van der Waals surface area contributed by atoms with E-state index < -0.39 is 24.4 Å². The molecule has 0 saturated heterocycles. The fourth-order valence-corrected chi connectivity index (χ4v) is 2.16. The monoisotopic (exact) mass is 341 g/mol. The Hall–Kier alpha value is -2.77. The number of aryl methyl sites for hydroxylation is 1. The minimum Gasteiger partial charge on any atom is -0.494 e. The fraction of sp³-hybridized carbons (Fsp3) is 0.250. The van der Waals surface area contributed by atoms with Crippen LogP contribution in [-0.4, -0.2) is 29.8 Å². The molecule has 0 aliphatic carbocycles. The first kappa shape index (κ1) is 17.6. The number of aliphatic carboxylic acids is 1. The van der Waals surface area contributed by atoms with Crippen molar-refractivity contribution in [3.05, 3.63) is 41.7 Å². The number of ether oxygens (including phenoxy) is 2. The fourth-order valence-electron chi connectivity index (χ4n) is 2.16. The van der Waals surface area contributed by atoms with Crippen LogP contribution in [0.15, 0.2) is 30.5 Å². The molecule has 8 heteroatoms. The maximum Gasteiger partial charge on any atom is 0.437 e. The first-order chi connectivity index (χ1) is 11.2. The molecule has 1 N–H and O–H groups in total. The molecule has 0 fully saturated rings. The third kappa shape index (κ3) is 3.95. The molecule has 2 aromatic rings. The first-order valence-electron chi connectivity index (χ1n) is 6.79. The second-order valence-corrected chi connectivity index (χ2v) is 4.93. The van der Waals surface area contributed by atoms with E-state index in [0.717, 1.165) is 13.3 Å². The lowest BCUT2D eigenvalue weighted by Crippen LogP contribution is -2.10. The number of carboxylic acid groups (broad SMARTS) is 1. The highest BCUT2D eigenvalue weighted by Gasteiger charge is 2.36. The van der Waals surface area contributed by atoms with Crippen molar-refractivity contribution in [2.45, 2.75) is 13.1 Å². The van der Waals surface area contributed by atoms with Crippen LogP contribution in [0.1, 0.15) is 11.3 Å². The molecular weight excluding hydrogens is 327 g/mol. The van der Waals surface area contributed by atoms with Crippen molar-refractivity contribution < 1.29 is 32.5 Å². The van der Waals surface area contributed by atoms with Crippen molar-refractivity contribution in [3.8, 4) is 22.6 Å². The zero-order chi connectivity index (χ0) is 17.9. The molecular formula is C16H14F3NO4. The number of benzene rings is 1. The number of aromatic nitrogens is 1. The normalized spacial score (nSPS) is 11.2. The number of carboxylic acids is 1. The van der Waals surface area contributed by atoms with E-state index in [1.165, 1.54) is 12.1 Å². The summed E-state index contributed by atoms with van der Waals surface area (Å²) >= 11 is 0. The van der Waals surface area contributed by atoms with Gasteiger partial charge in [0.15, 0.2) is 12.3 Å². The van der Waals surface area contributed by atoms with Gasteiger partial charge in [-0.15, -0.1) is 0 Å². The van der Waals surface area contributed by atoms with Gasteiger partial charge in [-0.3, -0.25) is 0 Å². The summed E-state index contributed by atoms with van der Waals surface area (Å²) in [5, 5.41) is 8.59. The molecule has 128 valence electrons. The van der Waals surface area contributed by atoms with Gasteiger partial charge in [-0.25, -0.2) is 9.78 Å². The molecule has 0 saturated carbocycles. The Kier molecular flexibility index (Phi) is 4.96. The molecule has 0 aliphatic rings. The number of hydrogen-bond donors (Lipinski definition) is 1. The van der Waals surface area contributed by atoms with Crippen LogP contribution in [0.2, 0.25) is 0 Å². The van der Waals surface area contributed by atoms with E-state index in [4.69, 9.17) is 14.6 Å². The van der Waals surface area contributed by atoms with Crippen LogP contribution >= 0.6 is 0 Å². The predicted molar refractivity (Wildman–Crippen MR) is 79.1 cm³/mol. The van der Waals surface area contributed by atoms with Crippen LogP contribution in [0.5, 0.6) is 11.5 Å². The Morgan fingerprint density at radius 3 is 2.54 bits per heavy atom. The summed E-state index contributed by atoms with van der Waals surface area (Å²) in [6, 6.07) is 6.02. The molecule has 1 aromatic carbocycles. The first-order valence-corrected chi connectivity index (χ1v) is 6.79. The lowest BCUT2D eigenvalue weighted by atomic mass is 10.0. The molecule has 1 aromatic heterocycles. The quantitative estimate of drug-likeness (QED) is 0.901. The summed E-state index contributed by atoms with van der Waals surface area (Å²) in [6.45, 7) is 1.25. The third-order valence-corrected chi connectivity index (χ3v) is 3.21. The van der Waals surface area contributed by atoms with Gasteiger partial charge in [-0.1, -0.05) is 6.07 Å². The lowest BCUT2D eigenvalue weighted by Gasteiger charge is -2.14. The van der Waals surface area contributed by atoms with Crippen LogP contribution in [0, 0.1) is 6.92 Å². The summed E-state index contributed by atoms with van der Waals surface area (Å²) in [7, 11) is 1.14. The Bertz CT molecular complexity index is 759. The highest BCUT2D eigenvalue weighted by atomic mass is 19.4. The molecule has 1 heterocycles. The second kappa shape index (κ2) is 6.77. The summed E-state index contributed by atoms with van der Waals surface area (Å²) < 4.78 is 48.4. The molecule has 0 amide bonds. The average molecular weight is 341 g/mol. The summed E-state index contributed by atoms with van der Waals surface area (Å²) in [5.41, 5.74) is 0.689. The van der Waals surface area contributed by atoms with E-state index in [0.29, 0.717) is 22.4 Å². The SMILES string of the molecule is COc1cc(-c2ccc(OCC(=O)O)cc2C)cnc1C(F)(F)F. The average Bonchev–Trinajstić information content (AvgIpc) is 2.51. The molecule has 0 radical (unpaired) electrons. The largest absolute Gasteiger partial charge is 0.494 e. The number of nitrogens with zero attached hydrogens (tertiary/aromatic N) is 1. The number of carbonyl (C=O) groups is 1. The predicted octanol–water partition coefficient (Wildman–Crippen LogP) is 3.55. The van der Waals surface area contributed by atoms with Crippen LogP contribution in [-0.2, 0) is 11.0 Å². The van der Waals surface area contributed by atoms with E-state index in [2.05, 4.69) is 4.98 Å². The topological polar surface area (TPSA) is 68.7 Å². The maximum absolute atomic E-state index is 12.8. The van der Waals surface area contributed by atoms with Crippen molar-refractivity contribution in [3.63, 3.8) is 0 Å². The Morgan fingerprint density at radius 2 is 2.00 bits per heavy atom. The smallest absolute Gasteiger partial charge is 0.437 e. The van der Waals surface area contributed by atoms with Gasteiger partial charge in [0.05, 0.1) is 7.11 Å². The molecule has 0 aliphatic heterocycles. The maximum atomic E-state index is 12.8. The van der Waals surface area contributed by atoms with Crippen molar-refractivity contribution in [1.29, 1.82) is 0 Å². The van der Waals surface area contributed by atoms with Crippen LogP contribution in [0.3, 0.4) is 0 Å². The van der Waals surface area contributed by atoms with Crippen LogP contribution < -0.4 is 9.47 Å². The summed E-state index contributed by atoms with van der Waals surface area (Å²) in [6.07, 6.45) is -3.49. The van der Waals surface area contributed by atoms with Gasteiger partial charge in [0.2, 0.25) is 0 Å². The summed E-state index contributed by atoms with van der Waals surface area (Å²) in [4.78, 5) is 14.0. The number of halogens is 3. The molecule has 0 unspecified atom stereocenters. The number of alkyl halides is 3. The van der Waals surface area contributed by atoms with Crippen molar-refractivity contribution in [1.82, 2.24) is 4.98 Å². The molecule has 24 heavy (non-hydrogen) atoms. The van der Waals surface area contributed by atoms with Gasteiger partial charge >= 0.3 is 12.1 Å². The van der Waals surface area contributed by atoms with Crippen LogP contribution in [0.4, 0.5) is 13.2 Å².